The molecule has 6 heteroatoms. The van der Waals surface area contributed by atoms with Gasteiger partial charge in [-0.15, -0.1) is 0 Å². The SMILES string of the molecule is CC(C)NC(=O)C[NH+](C)[C@@H](C)C(=O)Nc1ccc(Oc2ccccc2)cc1. The average molecular weight is 370 g/mol. The molecule has 27 heavy (non-hydrogen) atoms. The summed E-state index contributed by atoms with van der Waals surface area (Å²) in [5.41, 5.74) is 0.687. The molecule has 2 amide bonds. The van der Waals surface area contributed by atoms with Gasteiger partial charge in [-0.2, -0.15) is 0 Å². The number of benzene rings is 2. The van der Waals surface area contributed by atoms with E-state index in [0.29, 0.717) is 11.4 Å². The number of carbonyl (C=O) groups is 2. The Morgan fingerprint density at radius 2 is 1.56 bits per heavy atom. The van der Waals surface area contributed by atoms with E-state index in [0.717, 1.165) is 10.6 Å². The van der Waals surface area contributed by atoms with E-state index in [4.69, 9.17) is 4.74 Å². The predicted octanol–water partition coefficient (Wildman–Crippen LogP) is 1.85. The molecule has 3 N–H and O–H groups in total. The van der Waals surface area contributed by atoms with E-state index < -0.39 is 0 Å². The van der Waals surface area contributed by atoms with Crippen LogP contribution in [0.3, 0.4) is 0 Å². The van der Waals surface area contributed by atoms with E-state index in [-0.39, 0.29) is 30.4 Å². The van der Waals surface area contributed by atoms with Crippen molar-refractivity contribution in [2.45, 2.75) is 32.9 Å². The highest BCUT2D eigenvalue weighted by Gasteiger charge is 2.24. The van der Waals surface area contributed by atoms with Gasteiger partial charge in [-0.05, 0) is 57.2 Å². The number of likely N-dealkylation sites (N-methyl/N-ethyl adjacent to an activating group) is 1. The minimum absolute atomic E-state index is 0.0652. The Kier molecular flexibility index (Phi) is 7.37. The lowest BCUT2D eigenvalue weighted by atomic mass is 10.2. The summed E-state index contributed by atoms with van der Waals surface area (Å²) < 4.78 is 5.74. The molecule has 0 fully saturated rings. The lowest BCUT2D eigenvalue weighted by molar-refractivity contribution is -0.885. The summed E-state index contributed by atoms with van der Waals surface area (Å²) in [5, 5.41) is 5.72. The minimum Gasteiger partial charge on any atom is -0.457 e. The fraction of sp³-hybridized carbons (Fsp3) is 0.333. The number of quaternary nitrogens is 1. The molecule has 2 rings (SSSR count). The number of amides is 2. The van der Waals surface area contributed by atoms with Crippen molar-refractivity contribution in [3.8, 4) is 11.5 Å². The fourth-order valence-corrected chi connectivity index (χ4v) is 2.48. The van der Waals surface area contributed by atoms with E-state index in [1.54, 1.807) is 31.2 Å². The molecule has 0 saturated carbocycles. The van der Waals surface area contributed by atoms with E-state index >= 15 is 0 Å². The number of carbonyl (C=O) groups excluding carboxylic acids is 2. The average Bonchev–Trinajstić information content (AvgIpc) is 2.62. The first-order chi connectivity index (χ1) is 12.8. The maximum Gasteiger partial charge on any atom is 0.282 e. The van der Waals surface area contributed by atoms with Crippen LogP contribution in [0.2, 0.25) is 0 Å². The molecular weight excluding hydrogens is 342 g/mol. The van der Waals surface area contributed by atoms with Gasteiger partial charge in [-0.3, -0.25) is 9.59 Å². The zero-order chi connectivity index (χ0) is 19.8. The molecule has 0 spiro atoms. The van der Waals surface area contributed by atoms with Crippen molar-refractivity contribution >= 4 is 17.5 Å². The van der Waals surface area contributed by atoms with Gasteiger partial charge in [-0.1, -0.05) is 18.2 Å². The van der Waals surface area contributed by atoms with Gasteiger partial charge >= 0.3 is 0 Å². The normalized spacial score (nSPS) is 12.9. The summed E-state index contributed by atoms with van der Waals surface area (Å²) in [6.07, 6.45) is 0. The van der Waals surface area contributed by atoms with Crippen molar-refractivity contribution in [3.05, 3.63) is 54.6 Å². The first-order valence-corrected chi connectivity index (χ1v) is 9.10. The summed E-state index contributed by atoms with van der Waals surface area (Å²) in [6, 6.07) is 16.4. The van der Waals surface area contributed by atoms with E-state index in [1.807, 2.05) is 51.2 Å². The van der Waals surface area contributed by atoms with E-state index in [9.17, 15) is 9.59 Å². The van der Waals surface area contributed by atoms with Crippen LogP contribution in [0.15, 0.2) is 54.6 Å². The van der Waals surface area contributed by atoms with Gasteiger partial charge < -0.3 is 20.3 Å². The molecule has 0 aliphatic rings. The third-order valence-corrected chi connectivity index (χ3v) is 4.12. The second-order valence-corrected chi connectivity index (χ2v) is 6.90. The van der Waals surface area contributed by atoms with Crippen LogP contribution in [0.1, 0.15) is 20.8 Å². The highest BCUT2D eigenvalue weighted by atomic mass is 16.5. The number of ether oxygens (including phenoxy) is 1. The summed E-state index contributed by atoms with van der Waals surface area (Å²) in [5.74, 6) is 1.25. The lowest BCUT2D eigenvalue weighted by Crippen LogP contribution is -3.15. The third kappa shape index (κ3) is 6.75. The maximum atomic E-state index is 12.4. The Bertz CT molecular complexity index is 745. The van der Waals surface area contributed by atoms with Crippen molar-refractivity contribution < 1.29 is 19.2 Å². The van der Waals surface area contributed by atoms with Gasteiger partial charge in [0, 0.05) is 11.7 Å². The van der Waals surface area contributed by atoms with Crippen LogP contribution in [-0.2, 0) is 9.59 Å². The number of para-hydroxylation sites is 1. The summed E-state index contributed by atoms with van der Waals surface area (Å²) in [7, 11) is 1.83. The van der Waals surface area contributed by atoms with Crippen LogP contribution in [0, 0.1) is 0 Å². The standard InChI is InChI=1S/C21H27N3O3/c1-15(2)22-20(25)14-24(4)16(3)21(26)23-17-10-12-19(13-11-17)27-18-8-6-5-7-9-18/h5-13,15-16H,14H2,1-4H3,(H,22,25)(H,23,26)/p+1/t16-/m0/s1. The second-order valence-electron chi connectivity index (χ2n) is 6.90. The number of anilines is 1. The predicted molar refractivity (Wildman–Crippen MR) is 106 cm³/mol. The highest BCUT2D eigenvalue weighted by molar-refractivity contribution is 5.93. The number of nitrogens with one attached hydrogen (secondary N) is 3. The first kappa shape index (κ1) is 20.5. The molecular formula is C21H28N3O3+. The lowest BCUT2D eigenvalue weighted by Gasteiger charge is -2.21. The fourth-order valence-electron chi connectivity index (χ4n) is 2.48. The molecule has 0 bridgehead atoms. The Hall–Kier alpha value is -2.86. The van der Waals surface area contributed by atoms with E-state index in [1.165, 1.54) is 0 Å². The maximum absolute atomic E-state index is 12.4. The summed E-state index contributed by atoms with van der Waals surface area (Å²) in [4.78, 5) is 25.1. The minimum atomic E-state index is -0.358. The quantitative estimate of drug-likeness (QED) is 0.664. The highest BCUT2D eigenvalue weighted by Crippen LogP contribution is 2.22. The van der Waals surface area contributed by atoms with Gasteiger partial charge in [0.1, 0.15) is 11.5 Å². The molecule has 0 aliphatic carbocycles. The smallest absolute Gasteiger partial charge is 0.282 e. The van der Waals surface area contributed by atoms with Gasteiger partial charge in [0.05, 0.1) is 7.05 Å². The molecule has 6 nitrogen and oxygen atoms in total. The van der Waals surface area contributed by atoms with Crippen LogP contribution in [0.5, 0.6) is 11.5 Å². The van der Waals surface area contributed by atoms with E-state index in [2.05, 4.69) is 10.6 Å². The summed E-state index contributed by atoms with van der Waals surface area (Å²) >= 11 is 0. The Labute approximate surface area is 160 Å². The molecule has 2 atom stereocenters. The molecule has 0 heterocycles. The zero-order valence-electron chi connectivity index (χ0n) is 16.3. The molecule has 0 saturated heterocycles. The van der Waals surface area contributed by atoms with Crippen LogP contribution < -0.4 is 20.3 Å². The van der Waals surface area contributed by atoms with Crippen molar-refractivity contribution in [2.75, 3.05) is 18.9 Å². The molecule has 0 aromatic heterocycles. The van der Waals surface area contributed by atoms with Crippen molar-refractivity contribution in [2.24, 2.45) is 0 Å². The zero-order valence-corrected chi connectivity index (χ0v) is 16.3. The first-order valence-electron chi connectivity index (χ1n) is 9.10. The monoisotopic (exact) mass is 370 g/mol. The van der Waals surface area contributed by atoms with Crippen LogP contribution in [0.4, 0.5) is 5.69 Å². The molecule has 144 valence electrons. The topological polar surface area (TPSA) is 71.9 Å². The summed E-state index contributed by atoms with van der Waals surface area (Å²) in [6.45, 7) is 5.87. The second kappa shape index (κ2) is 9.73. The largest absolute Gasteiger partial charge is 0.457 e. The number of hydrogen-bond acceptors (Lipinski definition) is 3. The van der Waals surface area contributed by atoms with Crippen LogP contribution in [-0.4, -0.2) is 37.5 Å². The number of hydrogen-bond donors (Lipinski definition) is 3. The molecule has 0 radical (unpaired) electrons. The van der Waals surface area contributed by atoms with Gasteiger partial charge in [0.25, 0.3) is 11.8 Å². The van der Waals surface area contributed by atoms with Crippen molar-refractivity contribution in [1.29, 1.82) is 0 Å². The molecule has 2 aromatic carbocycles. The molecule has 2 aromatic rings. The van der Waals surface area contributed by atoms with Crippen molar-refractivity contribution in [1.82, 2.24) is 5.32 Å². The van der Waals surface area contributed by atoms with Gasteiger partial charge in [0.15, 0.2) is 12.6 Å². The Morgan fingerprint density at radius 3 is 2.15 bits per heavy atom. The number of rotatable bonds is 8. The Balaban J connectivity index is 1.88. The molecule has 0 aliphatic heterocycles. The Morgan fingerprint density at radius 1 is 0.963 bits per heavy atom. The third-order valence-electron chi connectivity index (χ3n) is 4.12. The van der Waals surface area contributed by atoms with Crippen LogP contribution >= 0.6 is 0 Å². The van der Waals surface area contributed by atoms with Gasteiger partial charge in [0.2, 0.25) is 0 Å². The molecule has 1 unspecified atom stereocenters. The van der Waals surface area contributed by atoms with Crippen LogP contribution in [0.25, 0.3) is 0 Å². The van der Waals surface area contributed by atoms with Crippen molar-refractivity contribution in [3.63, 3.8) is 0 Å². The van der Waals surface area contributed by atoms with Gasteiger partial charge in [-0.25, -0.2) is 0 Å².